The highest BCUT2D eigenvalue weighted by Crippen LogP contribution is 2.41. The summed E-state index contributed by atoms with van der Waals surface area (Å²) in [6.07, 6.45) is 5.30. The maximum Gasteiger partial charge on any atom is 0.0252 e. The van der Waals surface area contributed by atoms with Crippen LogP contribution >= 0.6 is 0 Å². The van der Waals surface area contributed by atoms with Gasteiger partial charge in [0.05, 0.1) is 0 Å². The Morgan fingerprint density at radius 2 is 1.81 bits per heavy atom. The number of rotatable bonds is 1. The van der Waals surface area contributed by atoms with Crippen LogP contribution in [-0.4, -0.2) is 30.1 Å². The highest BCUT2D eigenvalue weighted by molar-refractivity contribution is 5.00. The van der Waals surface area contributed by atoms with Crippen molar-refractivity contribution in [2.75, 3.05) is 13.1 Å². The van der Waals surface area contributed by atoms with Gasteiger partial charge in [-0.25, -0.2) is 0 Å². The molecule has 0 amide bonds. The maximum absolute atomic E-state index is 6.43. The van der Waals surface area contributed by atoms with Crippen LogP contribution in [0.15, 0.2) is 0 Å². The largest absolute Gasteiger partial charge is 0.326 e. The highest BCUT2D eigenvalue weighted by atomic mass is 15.2. The fourth-order valence-electron chi connectivity index (χ4n) is 3.55. The molecule has 0 aromatic rings. The zero-order chi connectivity index (χ0) is 12.0. The molecule has 2 nitrogen and oxygen atoms in total. The quantitative estimate of drug-likeness (QED) is 0.742. The Morgan fingerprint density at radius 3 is 2.31 bits per heavy atom. The molecule has 1 saturated carbocycles. The van der Waals surface area contributed by atoms with Crippen LogP contribution in [0, 0.1) is 10.8 Å². The fourth-order valence-corrected chi connectivity index (χ4v) is 3.55. The summed E-state index contributed by atoms with van der Waals surface area (Å²) in [5, 5.41) is 0. The molecule has 94 valence electrons. The first-order valence-electron chi connectivity index (χ1n) is 6.81. The summed E-state index contributed by atoms with van der Waals surface area (Å²) in [6.45, 7) is 11.9. The lowest BCUT2D eigenvalue weighted by molar-refractivity contribution is 0.0673. The molecule has 0 radical (unpaired) electrons. The van der Waals surface area contributed by atoms with Crippen molar-refractivity contribution in [1.29, 1.82) is 0 Å². The van der Waals surface area contributed by atoms with E-state index >= 15 is 0 Å². The van der Waals surface area contributed by atoms with Crippen LogP contribution in [0.3, 0.4) is 0 Å². The first-order valence-corrected chi connectivity index (χ1v) is 6.81. The van der Waals surface area contributed by atoms with Gasteiger partial charge >= 0.3 is 0 Å². The Balaban J connectivity index is 2.03. The topological polar surface area (TPSA) is 29.3 Å². The van der Waals surface area contributed by atoms with Crippen molar-refractivity contribution in [2.45, 2.75) is 65.5 Å². The van der Waals surface area contributed by atoms with E-state index in [9.17, 15) is 0 Å². The molecule has 2 N–H and O–H groups in total. The van der Waals surface area contributed by atoms with Gasteiger partial charge in [0.1, 0.15) is 0 Å². The zero-order valence-electron chi connectivity index (χ0n) is 11.4. The molecule has 1 saturated heterocycles. The molecule has 2 aliphatic rings. The van der Waals surface area contributed by atoms with Crippen molar-refractivity contribution in [3.8, 4) is 0 Å². The lowest BCUT2D eigenvalue weighted by atomic mass is 9.82. The van der Waals surface area contributed by atoms with Crippen LogP contribution in [0.25, 0.3) is 0 Å². The monoisotopic (exact) mass is 224 g/mol. The molecule has 2 fully saturated rings. The van der Waals surface area contributed by atoms with E-state index in [1.165, 1.54) is 38.8 Å². The Labute approximate surface area is 101 Å². The Bertz CT molecular complexity index is 257. The number of nitrogens with zero attached hydrogens (tertiary/aromatic N) is 1. The van der Waals surface area contributed by atoms with Crippen molar-refractivity contribution >= 4 is 0 Å². The average Bonchev–Trinajstić information content (AvgIpc) is 2.41. The first kappa shape index (κ1) is 12.4. The number of hydrogen-bond donors (Lipinski definition) is 1. The van der Waals surface area contributed by atoms with Crippen LogP contribution in [0.2, 0.25) is 0 Å². The minimum Gasteiger partial charge on any atom is -0.326 e. The molecule has 0 aromatic carbocycles. The lowest BCUT2D eigenvalue weighted by Gasteiger charge is -2.43. The first-order chi connectivity index (χ1) is 7.32. The van der Waals surface area contributed by atoms with Gasteiger partial charge in [0.15, 0.2) is 0 Å². The lowest BCUT2D eigenvalue weighted by Crippen LogP contribution is -2.53. The summed E-state index contributed by atoms with van der Waals surface area (Å²) >= 11 is 0. The van der Waals surface area contributed by atoms with E-state index in [4.69, 9.17) is 5.73 Å². The molecule has 2 atom stereocenters. The molecule has 1 heterocycles. The van der Waals surface area contributed by atoms with E-state index in [0.29, 0.717) is 22.9 Å². The van der Waals surface area contributed by atoms with Crippen LogP contribution in [0.4, 0.5) is 0 Å². The third-order valence-corrected chi connectivity index (χ3v) is 4.80. The maximum atomic E-state index is 6.43. The highest BCUT2D eigenvalue weighted by Gasteiger charge is 2.43. The van der Waals surface area contributed by atoms with Gasteiger partial charge in [-0.3, -0.25) is 4.90 Å². The summed E-state index contributed by atoms with van der Waals surface area (Å²) in [5.41, 5.74) is 7.26. The summed E-state index contributed by atoms with van der Waals surface area (Å²) < 4.78 is 0. The zero-order valence-corrected chi connectivity index (χ0v) is 11.4. The van der Waals surface area contributed by atoms with Gasteiger partial charge in [0, 0.05) is 18.6 Å². The predicted molar refractivity (Wildman–Crippen MR) is 69.4 cm³/mol. The Kier molecular flexibility index (Phi) is 3.09. The van der Waals surface area contributed by atoms with E-state index in [2.05, 4.69) is 32.6 Å². The standard InChI is InChI=1S/C14H28N2/c1-13(2)7-5-9-16(10-13)11-6-8-14(3,4)12(11)15/h11-12H,5-10,15H2,1-4H3. The second-order valence-electron chi connectivity index (χ2n) is 7.36. The van der Waals surface area contributed by atoms with E-state index in [1.54, 1.807) is 0 Å². The van der Waals surface area contributed by atoms with Crippen LogP contribution < -0.4 is 5.73 Å². The Morgan fingerprint density at radius 1 is 1.12 bits per heavy atom. The molecule has 0 aromatic heterocycles. The number of likely N-dealkylation sites (tertiary alicyclic amines) is 1. The van der Waals surface area contributed by atoms with Crippen LogP contribution in [0.1, 0.15) is 53.4 Å². The predicted octanol–water partition coefficient (Wildman–Crippen LogP) is 2.62. The molecule has 2 unspecified atom stereocenters. The molecular weight excluding hydrogens is 196 g/mol. The molecule has 0 spiro atoms. The average molecular weight is 224 g/mol. The summed E-state index contributed by atoms with van der Waals surface area (Å²) in [6, 6.07) is 0.996. The van der Waals surface area contributed by atoms with Gasteiger partial charge in [-0.2, -0.15) is 0 Å². The molecular formula is C14H28N2. The molecule has 2 heteroatoms. The van der Waals surface area contributed by atoms with E-state index in [-0.39, 0.29) is 0 Å². The molecule has 16 heavy (non-hydrogen) atoms. The second kappa shape index (κ2) is 3.99. The van der Waals surface area contributed by atoms with Crippen LogP contribution in [0.5, 0.6) is 0 Å². The molecule has 2 rings (SSSR count). The second-order valence-corrected chi connectivity index (χ2v) is 7.36. The van der Waals surface area contributed by atoms with Crippen molar-refractivity contribution in [3.63, 3.8) is 0 Å². The summed E-state index contributed by atoms with van der Waals surface area (Å²) in [5.74, 6) is 0. The van der Waals surface area contributed by atoms with Crippen molar-refractivity contribution in [3.05, 3.63) is 0 Å². The minimum atomic E-state index is 0.340. The van der Waals surface area contributed by atoms with Gasteiger partial charge in [0.25, 0.3) is 0 Å². The van der Waals surface area contributed by atoms with Crippen LogP contribution in [-0.2, 0) is 0 Å². The summed E-state index contributed by atoms with van der Waals surface area (Å²) in [7, 11) is 0. The van der Waals surface area contributed by atoms with E-state index < -0.39 is 0 Å². The number of nitrogens with two attached hydrogens (primary N) is 1. The minimum absolute atomic E-state index is 0.340. The van der Waals surface area contributed by atoms with Crippen molar-refractivity contribution in [2.24, 2.45) is 16.6 Å². The fraction of sp³-hybridized carbons (Fsp3) is 1.00. The molecule has 1 aliphatic carbocycles. The molecule has 0 bridgehead atoms. The smallest absolute Gasteiger partial charge is 0.0252 e. The van der Waals surface area contributed by atoms with E-state index in [0.717, 1.165) is 0 Å². The van der Waals surface area contributed by atoms with Gasteiger partial charge < -0.3 is 5.73 Å². The van der Waals surface area contributed by atoms with Crippen molar-refractivity contribution < 1.29 is 0 Å². The molecule has 1 aliphatic heterocycles. The van der Waals surface area contributed by atoms with Gasteiger partial charge in [-0.1, -0.05) is 27.7 Å². The SMILES string of the molecule is CC1(C)CCCN(C2CCC(C)(C)C2N)C1. The van der Waals surface area contributed by atoms with Gasteiger partial charge in [-0.15, -0.1) is 0 Å². The third-order valence-electron chi connectivity index (χ3n) is 4.80. The number of hydrogen-bond acceptors (Lipinski definition) is 2. The normalized spacial score (nSPS) is 38.8. The third kappa shape index (κ3) is 2.28. The summed E-state index contributed by atoms with van der Waals surface area (Å²) in [4.78, 5) is 2.67. The van der Waals surface area contributed by atoms with Gasteiger partial charge in [0.2, 0.25) is 0 Å². The van der Waals surface area contributed by atoms with Gasteiger partial charge in [-0.05, 0) is 43.1 Å². The van der Waals surface area contributed by atoms with E-state index in [1.807, 2.05) is 0 Å². The van der Waals surface area contributed by atoms with Crippen molar-refractivity contribution in [1.82, 2.24) is 4.90 Å². The number of piperidine rings is 1. The Hall–Kier alpha value is -0.0800.